The van der Waals surface area contributed by atoms with Gasteiger partial charge in [0.15, 0.2) is 0 Å². The SMILES string of the molecule is CC(Sc1cccc(NC(=O)N2c3ccccc3SC3C=CC=CC32)c1)C(=O)Nc1cccc2ccccc12. The van der Waals surface area contributed by atoms with Gasteiger partial charge in [0, 0.05) is 26.6 Å². The highest BCUT2D eigenvalue weighted by atomic mass is 32.2. The van der Waals surface area contributed by atoms with E-state index in [4.69, 9.17) is 0 Å². The maximum atomic E-state index is 13.6. The average molecular weight is 550 g/mol. The highest BCUT2D eigenvalue weighted by Gasteiger charge is 2.36. The first-order valence-electron chi connectivity index (χ1n) is 12.8. The molecule has 0 bridgehead atoms. The fourth-order valence-corrected chi connectivity index (χ4v) is 7.07. The number of amides is 3. The first-order chi connectivity index (χ1) is 19.1. The lowest BCUT2D eigenvalue weighted by Gasteiger charge is -2.40. The van der Waals surface area contributed by atoms with Gasteiger partial charge >= 0.3 is 6.03 Å². The van der Waals surface area contributed by atoms with Gasteiger partial charge in [-0.15, -0.1) is 23.5 Å². The van der Waals surface area contributed by atoms with E-state index in [9.17, 15) is 9.59 Å². The van der Waals surface area contributed by atoms with Gasteiger partial charge in [-0.05, 0) is 48.7 Å². The maximum absolute atomic E-state index is 13.6. The zero-order chi connectivity index (χ0) is 26.8. The molecule has 7 heteroatoms. The summed E-state index contributed by atoms with van der Waals surface area (Å²) in [6, 6.07) is 29.3. The number of urea groups is 1. The number of fused-ring (bicyclic) bond motifs is 3. The number of para-hydroxylation sites is 1. The first kappa shape index (κ1) is 25.3. The van der Waals surface area contributed by atoms with Crippen molar-refractivity contribution in [3.8, 4) is 0 Å². The van der Waals surface area contributed by atoms with Crippen molar-refractivity contribution in [2.75, 3.05) is 15.5 Å². The monoisotopic (exact) mass is 549 g/mol. The Morgan fingerprint density at radius 1 is 0.872 bits per heavy atom. The minimum absolute atomic E-state index is 0.0646. The number of nitrogens with zero attached hydrogens (tertiary/aromatic N) is 1. The average Bonchev–Trinajstić information content (AvgIpc) is 2.96. The van der Waals surface area contributed by atoms with Crippen molar-refractivity contribution in [1.82, 2.24) is 0 Å². The van der Waals surface area contributed by atoms with E-state index in [-0.39, 0.29) is 28.5 Å². The Morgan fingerprint density at radius 2 is 1.64 bits per heavy atom. The number of rotatable bonds is 5. The van der Waals surface area contributed by atoms with Crippen LogP contribution < -0.4 is 15.5 Å². The Bertz CT molecular complexity index is 1610. The molecular weight excluding hydrogens is 523 g/mol. The number of carbonyl (C=O) groups excluding carboxylic acids is 2. The molecule has 6 rings (SSSR count). The van der Waals surface area contributed by atoms with Gasteiger partial charge in [0.25, 0.3) is 0 Å². The van der Waals surface area contributed by atoms with Crippen molar-refractivity contribution < 1.29 is 9.59 Å². The minimum Gasteiger partial charge on any atom is -0.325 e. The van der Waals surface area contributed by atoms with Crippen LogP contribution in [0, 0.1) is 0 Å². The fourth-order valence-electron chi connectivity index (χ4n) is 4.88. The van der Waals surface area contributed by atoms with Crippen molar-refractivity contribution in [2.24, 2.45) is 0 Å². The number of carbonyl (C=O) groups is 2. The summed E-state index contributed by atoms with van der Waals surface area (Å²) < 4.78 is 0. The molecule has 1 heterocycles. The maximum Gasteiger partial charge on any atom is 0.326 e. The van der Waals surface area contributed by atoms with Gasteiger partial charge in [0.1, 0.15) is 0 Å². The molecule has 4 aromatic rings. The molecule has 3 atom stereocenters. The molecule has 39 heavy (non-hydrogen) atoms. The van der Waals surface area contributed by atoms with Crippen molar-refractivity contribution in [3.63, 3.8) is 0 Å². The van der Waals surface area contributed by atoms with Gasteiger partial charge in [-0.25, -0.2) is 4.79 Å². The number of allylic oxidation sites excluding steroid dienone is 2. The highest BCUT2D eigenvalue weighted by Crippen LogP contribution is 2.43. The summed E-state index contributed by atoms with van der Waals surface area (Å²) >= 11 is 3.24. The number of benzene rings is 4. The summed E-state index contributed by atoms with van der Waals surface area (Å²) in [7, 11) is 0. The number of nitrogens with one attached hydrogen (secondary N) is 2. The molecule has 1 aliphatic carbocycles. The second kappa shape index (κ2) is 11.0. The van der Waals surface area contributed by atoms with Crippen molar-refractivity contribution in [1.29, 1.82) is 0 Å². The number of anilines is 3. The largest absolute Gasteiger partial charge is 0.326 e. The van der Waals surface area contributed by atoms with E-state index in [1.807, 2.05) is 109 Å². The van der Waals surface area contributed by atoms with E-state index in [1.54, 1.807) is 11.8 Å². The van der Waals surface area contributed by atoms with Crippen molar-refractivity contribution >= 4 is 63.3 Å². The van der Waals surface area contributed by atoms with Crippen LogP contribution in [-0.4, -0.2) is 28.5 Å². The second-order valence-electron chi connectivity index (χ2n) is 9.41. The van der Waals surface area contributed by atoms with Gasteiger partial charge < -0.3 is 10.6 Å². The summed E-state index contributed by atoms with van der Waals surface area (Å²) in [5.74, 6) is -0.0728. The van der Waals surface area contributed by atoms with Crippen LogP contribution in [0.1, 0.15) is 6.92 Å². The number of hydrogen-bond donors (Lipinski definition) is 2. The molecule has 0 saturated carbocycles. The Balaban J connectivity index is 1.16. The summed E-state index contributed by atoms with van der Waals surface area (Å²) in [5.41, 5.74) is 2.40. The number of thioether (sulfide) groups is 2. The first-order valence-corrected chi connectivity index (χ1v) is 14.6. The van der Waals surface area contributed by atoms with E-state index < -0.39 is 0 Å². The molecule has 0 saturated heterocycles. The molecule has 0 fully saturated rings. The molecule has 1 aliphatic heterocycles. The minimum atomic E-state index is -0.333. The molecule has 0 spiro atoms. The Hall–Kier alpha value is -3.94. The van der Waals surface area contributed by atoms with E-state index in [0.717, 1.165) is 31.9 Å². The molecular formula is C32H27N3O2S2. The molecule has 4 aromatic carbocycles. The van der Waals surface area contributed by atoms with Crippen molar-refractivity contribution in [3.05, 3.63) is 115 Å². The van der Waals surface area contributed by atoms with Crippen LogP contribution >= 0.6 is 23.5 Å². The van der Waals surface area contributed by atoms with E-state index in [0.29, 0.717) is 5.69 Å². The third kappa shape index (κ3) is 5.33. The molecule has 2 N–H and O–H groups in total. The zero-order valence-corrected chi connectivity index (χ0v) is 22.9. The molecule has 5 nitrogen and oxygen atoms in total. The summed E-state index contributed by atoms with van der Waals surface area (Å²) in [6.45, 7) is 1.89. The van der Waals surface area contributed by atoms with Gasteiger partial charge in [0.05, 0.1) is 22.2 Å². The molecule has 3 unspecified atom stereocenters. The molecule has 2 aliphatic rings. The fraction of sp³-hybridized carbons (Fsp3) is 0.125. The van der Waals surface area contributed by atoms with Gasteiger partial charge in [-0.2, -0.15) is 0 Å². The standard InChI is InChI=1S/C32H27N3O2S2/c1-21(31(36)34-26-15-8-11-22-10-2-3-14-25(22)26)38-24-13-9-12-23(20-24)33-32(37)35-27-16-4-6-18-29(27)39-30-19-7-5-17-28(30)35/h2-21,27,29H,1H3,(H,33,37)(H,34,36). The lowest BCUT2D eigenvalue weighted by atomic mass is 10.1. The summed E-state index contributed by atoms with van der Waals surface area (Å²) in [5, 5.41) is 8.10. The zero-order valence-electron chi connectivity index (χ0n) is 21.3. The molecule has 0 radical (unpaired) electrons. The highest BCUT2D eigenvalue weighted by molar-refractivity contribution is 8.00. The third-order valence-electron chi connectivity index (χ3n) is 6.78. The summed E-state index contributed by atoms with van der Waals surface area (Å²) in [4.78, 5) is 30.5. The van der Waals surface area contributed by atoms with Crippen LogP contribution in [-0.2, 0) is 4.79 Å². The smallest absolute Gasteiger partial charge is 0.325 e. The van der Waals surface area contributed by atoms with Gasteiger partial charge in [-0.1, -0.05) is 78.9 Å². The molecule has 0 aromatic heterocycles. The predicted molar refractivity (Wildman–Crippen MR) is 164 cm³/mol. The van der Waals surface area contributed by atoms with Gasteiger partial charge in [-0.3, -0.25) is 9.69 Å². The van der Waals surface area contributed by atoms with Crippen molar-refractivity contribution in [2.45, 2.75) is 33.3 Å². The van der Waals surface area contributed by atoms with Gasteiger partial charge in [0.2, 0.25) is 5.91 Å². The van der Waals surface area contributed by atoms with E-state index in [1.165, 1.54) is 11.8 Å². The lowest BCUT2D eigenvalue weighted by molar-refractivity contribution is -0.115. The van der Waals surface area contributed by atoms with Crippen LogP contribution in [0.3, 0.4) is 0 Å². The quantitative estimate of drug-likeness (QED) is 0.248. The van der Waals surface area contributed by atoms with Crippen LogP contribution in [0.5, 0.6) is 0 Å². The second-order valence-corrected chi connectivity index (χ2v) is 12.0. The van der Waals surface area contributed by atoms with Crippen LogP contribution in [0.4, 0.5) is 21.9 Å². The number of hydrogen-bond acceptors (Lipinski definition) is 4. The summed E-state index contributed by atoms with van der Waals surface area (Å²) in [6.07, 6.45) is 8.26. The topological polar surface area (TPSA) is 61.4 Å². The van der Waals surface area contributed by atoms with E-state index >= 15 is 0 Å². The third-order valence-corrected chi connectivity index (χ3v) is 9.18. The van der Waals surface area contributed by atoms with Crippen LogP contribution in [0.25, 0.3) is 10.8 Å². The Morgan fingerprint density at radius 3 is 2.56 bits per heavy atom. The van der Waals surface area contributed by atoms with Crippen LogP contribution in [0.15, 0.2) is 125 Å². The predicted octanol–water partition coefficient (Wildman–Crippen LogP) is 7.97. The Labute approximate surface area is 236 Å². The van der Waals surface area contributed by atoms with Crippen LogP contribution in [0.2, 0.25) is 0 Å². The molecule has 3 amide bonds. The normalized spacial score (nSPS) is 18.2. The van der Waals surface area contributed by atoms with E-state index in [2.05, 4.69) is 28.9 Å². The molecule has 194 valence electrons. The lowest BCUT2D eigenvalue weighted by Crippen LogP contribution is -2.49. The Kier molecular flexibility index (Phi) is 7.18.